The van der Waals surface area contributed by atoms with Crippen LogP contribution in [0.5, 0.6) is 0 Å². The summed E-state index contributed by atoms with van der Waals surface area (Å²) in [5, 5.41) is 2.85. The third-order valence-electron chi connectivity index (χ3n) is 2.20. The first-order chi connectivity index (χ1) is 7.15. The van der Waals surface area contributed by atoms with Gasteiger partial charge in [0.15, 0.2) is 0 Å². The number of hydrogen-bond acceptors (Lipinski definition) is 2. The number of carbonyl (C=O) groups excluding carboxylic acids is 1. The van der Waals surface area contributed by atoms with Gasteiger partial charge in [-0.05, 0) is 26.3 Å². The molecule has 0 aliphatic carbocycles. The summed E-state index contributed by atoms with van der Waals surface area (Å²) >= 11 is 0. The highest BCUT2D eigenvalue weighted by Crippen LogP contribution is 2.08. The molecule has 0 aliphatic heterocycles. The predicted octanol–water partition coefficient (Wildman–Crippen LogP) is 1.40. The van der Waals surface area contributed by atoms with Crippen LogP contribution in [0.2, 0.25) is 0 Å². The van der Waals surface area contributed by atoms with Crippen molar-refractivity contribution in [1.82, 2.24) is 10.3 Å². The van der Waals surface area contributed by atoms with E-state index in [4.69, 9.17) is 4.74 Å². The second-order valence-electron chi connectivity index (χ2n) is 3.59. The zero-order chi connectivity index (χ0) is 11.3. The van der Waals surface area contributed by atoms with Crippen LogP contribution >= 0.6 is 0 Å². The molecule has 0 spiro atoms. The molecule has 4 nitrogen and oxygen atoms in total. The molecule has 2 N–H and O–H groups in total. The van der Waals surface area contributed by atoms with Gasteiger partial charge in [-0.15, -0.1) is 0 Å². The zero-order valence-corrected chi connectivity index (χ0v) is 9.52. The Labute approximate surface area is 90.0 Å². The first-order valence-electron chi connectivity index (χ1n) is 5.08. The number of hydrogen-bond donors (Lipinski definition) is 2. The van der Waals surface area contributed by atoms with Crippen LogP contribution in [-0.2, 0) is 4.74 Å². The van der Waals surface area contributed by atoms with Gasteiger partial charge in [0.1, 0.15) is 0 Å². The average Bonchev–Trinajstić information content (AvgIpc) is 2.52. The zero-order valence-electron chi connectivity index (χ0n) is 9.52. The molecule has 0 bridgehead atoms. The highest BCUT2D eigenvalue weighted by atomic mass is 16.5. The van der Waals surface area contributed by atoms with Crippen LogP contribution < -0.4 is 5.32 Å². The van der Waals surface area contributed by atoms with Crippen molar-refractivity contribution < 1.29 is 9.53 Å². The van der Waals surface area contributed by atoms with Crippen LogP contribution in [-0.4, -0.2) is 31.2 Å². The summed E-state index contributed by atoms with van der Waals surface area (Å²) in [5.74, 6) is -0.0204. The summed E-state index contributed by atoms with van der Waals surface area (Å²) in [6, 6.07) is 1.86. The van der Waals surface area contributed by atoms with Crippen molar-refractivity contribution in [3.05, 3.63) is 23.0 Å². The number of ether oxygens (including phenoxy) is 1. The lowest BCUT2D eigenvalue weighted by Crippen LogP contribution is -2.25. The lowest BCUT2D eigenvalue weighted by Gasteiger charge is -2.03. The summed E-state index contributed by atoms with van der Waals surface area (Å²) < 4.78 is 4.90. The second kappa shape index (κ2) is 5.56. The first kappa shape index (κ1) is 11.8. The van der Waals surface area contributed by atoms with Crippen molar-refractivity contribution in [2.45, 2.75) is 20.3 Å². The van der Waals surface area contributed by atoms with E-state index in [0.717, 1.165) is 23.4 Å². The summed E-state index contributed by atoms with van der Waals surface area (Å²) in [5.41, 5.74) is 2.65. The first-order valence-corrected chi connectivity index (χ1v) is 5.08. The number of amides is 1. The Morgan fingerprint density at radius 2 is 2.27 bits per heavy atom. The van der Waals surface area contributed by atoms with Gasteiger partial charge in [0.25, 0.3) is 5.91 Å². The molecule has 1 aromatic heterocycles. The molecular formula is C11H18N2O2. The maximum Gasteiger partial charge on any atom is 0.253 e. The SMILES string of the molecule is COCCCNC(=O)c1cc(C)[nH]c1C. The fourth-order valence-corrected chi connectivity index (χ4v) is 1.47. The van der Waals surface area contributed by atoms with Gasteiger partial charge in [-0.2, -0.15) is 0 Å². The molecule has 0 atom stereocenters. The van der Waals surface area contributed by atoms with E-state index < -0.39 is 0 Å². The molecule has 0 saturated heterocycles. The largest absolute Gasteiger partial charge is 0.385 e. The van der Waals surface area contributed by atoms with E-state index in [9.17, 15) is 4.79 Å². The van der Waals surface area contributed by atoms with Crippen LogP contribution in [0, 0.1) is 13.8 Å². The Hall–Kier alpha value is -1.29. The van der Waals surface area contributed by atoms with Crippen LogP contribution in [0.1, 0.15) is 28.2 Å². The second-order valence-corrected chi connectivity index (χ2v) is 3.59. The van der Waals surface area contributed by atoms with E-state index in [1.165, 1.54) is 0 Å². The quantitative estimate of drug-likeness (QED) is 0.722. The predicted molar refractivity (Wildman–Crippen MR) is 59.1 cm³/mol. The molecule has 0 unspecified atom stereocenters. The minimum absolute atomic E-state index is 0.0204. The van der Waals surface area contributed by atoms with Crippen LogP contribution in [0.3, 0.4) is 0 Å². The molecule has 1 heterocycles. The van der Waals surface area contributed by atoms with E-state index in [1.807, 2.05) is 19.9 Å². The molecule has 0 radical (unpaired) electrons. The Morgan fingerprint density at radius 1 is 1.53 bits per heavy atom. The molecule has 15 heavy (non-hydrogen) atoms. The lowest BCUT2D eigenvalue weighted by molar-refractivity contribution is 0.0948. The molecule has 0 aliphatic rings. The van der Waals surface area contributed by atoms with Crippen molar-refractivity contribution in [2.24, 2.45) is 0 Å². The van der Waals surface area contributed by atoms with E-state index in [1.54, 1.807) is 7.11 Å². The van der Waals surface area contributed by atoms with E-state index in [-0.39, 0.29) is 5.91 Å². The summed E-state index contributed by atoms with van der Waals surface area (Å²) in [4.78, 5) is 14.8. The van der Waals surface area contributed by atoms with Crippen molar-refractivity contribution >= 4 is 5.91 Å². The fourth-order valence-electron chi connectivity index (χ4n) is 1.47. The van der Waals surface area contributed by atoms with Gasteiger partial charge in [0.2, 0.25) is 0 Å². The number of carbonyl (C=O) groups is 1. The van der Waals surface area contributed by atoms with Gasteiger partial charge >= 0.3 is 0 Å². The number of aromatic nitrogens is 1. The smallest absolute Gasteiger partial charge is 0.253 e. The molecule has 1 amide bonds. The number of nitrogens with one attached hydrogen (secondary N) is 2. The van der Waals surface area contributed by atoms with Crippen LogP contribution in [0.15, 0.2) is 6.07 Å². The summed E-state index contributed by atoms with van der Waals surface area (Å²) in [7, 11) is 1.65. The van der Waals surface area contributed by atoms with Gasteiger partial charge in [-0.25, -0.2) is 0 Å². The maximum absolute atomic E-state index is 11.7. The Morgan fingerprint density at radius 3 is 2.80 bits per heavy atom. The molecule has 4 heteroatoms. The summed E-state index contributed by atoms with van der Waals surface area (Å²) in [6.07, 6.45) is 0.838. The lowest BCUT2D eigenvalue weighted by atomic mass is 10.2. The van der Waals surface area contributed by atoms with Crippen molar-refractivity contribution in [3.63, 3.8) is 0 Å². The Kier molecular flexibility index (Phi) is 4.37. The standard InChI is InChI=1S/C11H18N2O2/c1-8-7-10(9(2)13-8)11(14)12-5-4-6-15-3/h7,13H,4-6H2,1-3H3,(H,12,14). The van der Waals surface area contributed by atoms with Crippen molar-refractivity contribution in [2.75, 3.05) is 20.3 Å². The van der Waals surface area contributed by atoms with Gasteiger partial charge < -0.3 is 15.0 Å². The minimum atomic E-state index is -0.0204. The third-order valence-corrected chi connectivity index (χ3v) is 2.20. The Bertz CT molecular complexity index is 331. The van der Waals surface area contributed by atoms with E-state index in [2.05, 4.69) is 10.3 Å². The topological polar surface area (TPSA) is 54.1 Å². The van der Waals surface area contributed by atoms with Gasteiger partial charge in [0.05, 0.1) is 5.56 Å². The molecule has 0 aromatic carbocycles. The normalized spacial score (nSPS) is 10.3. The summed E-state index contributed by atoms with van der Waals surface area (Å²) in [6.45, 7) is 5.16. The van der Waals surface area contributed by atoms with Crippen LogP contribution in [0.4, 0.5) is 0 Å². The molecule has 84 valence electrons. The van der Waals surface area contributed by atoms with Gasteiger partial charge in [-0.3, -0.25) is 4.79 Å². The molecule has 0 fully saturated rings. The van der Waals surface area contributed by atoms with Crippen LogP contribution in [0.25, 0.3) is 0 Å². The third kappa shape index (κ3) is 3.40. The fraction of sp³-hybridized carbons (Fsp3) is 0.545. The number of rotatable bonds is 5. The highest BCUT2D eigenvalue weighted by Gasteiger charge is 2.10. The minimum Gasteiger partial charge on any atom is -0.385 e. The monoisotopic (exact) mass is 210 g/mol. The van der Waals surface area contributed by atoms with Gasteiger partial charge in [-0.1, -0.05) is 0 Å². The van der Waals surface area contributed by atoms with Gasteiger partial charge in [0, 0.05) is 31.6 Å². The molecular weight excluding hydrogens is 192 g/mol. The molecule has 1 aromatic rings. The number of aryl methyl sites for hydroxylation is 2. The average molecular weight is 210 g/mol. The number of H-pyrrole nitrogens is 1. The maximum atomic E-state index is 11.7. The van der Waals surface area contributed by atoms with E-state index >= 15 is 0 Å². The Balaban J connectivity index is 2.43. The number of aromatic amines is 1. The molecule has 0 saturated carbocycles. The van der Waals surface area contributed by atoms with Crippen molar-refractivity contribution in [3.8, 4) is 0 Å². The van der Waals surface area contributed by atoms with E-state index in [0.29, 0.717) is 13.2 Å². The highest BCUT2D eigenvalue weighted by molar-refractivity contribution is 5.95. The van der Waals surface area contributed by atoms with Crippen molar-refractivity contribution in [1.29, 1.82) is 0 Å². The molecule has 1 rings (SSSR count). The number of methoxy groups -OCH3 is 1.